The van der Waals surface area contributed by atoms with Gasteiger partial charge in [-0.05, 0) is 67.4 Å². The number of nitrogens with zero attached hydrogens (tertiary/aromatic N) is 1. The van der Waals surface area contributed by atoms with Crippen molar-refractivity contribution in [2.24, 2.45) is 0 Å². The van der Waals surface area contributed by atoms with Crippen LogP contribution in [0.4, 0.5) is 4.39 Å². The summed E-state index contributed by atoms with van der Waals surface area (Å²) in [6.45, 7) is 3.60. The van der Waals surface area contributed by atoms with Crippen molar-refractivity contribution in [1.29, 1.82) is 0 Å². The number of halogens is 1. The number of rotatable bonds is 6. The molecule has 2 heterocycles. The van der Waals surface area contributed by atoms with Crippen LogP contribution in [-0.2, 0) is 0 Å². The van der Waals surface area contributed by atoms with Crippen LogP contribution in [0.2, 0.25) is 0 Å². The van der Waals surface area contributed by atoms with Crippen molar-refractivity contribution >= 4 is 11.8 Å². The SMILES string of the molecule is OC1Oc2ccccc2C(c2ccc(SCCN3CCCC3)cc2)C1c1ccc(F)cc1. The number of ether oxygens (including phenoxy) is 1. The Morgan fingerprint density at radius 3 is 2.34 bits per heavy atom. The maximum Gasteiger partial charge on any atom is 0.205 e. The van der Waals surface area contributed by atoms with E-state index in [0.717, 1.165) is 29.0 Å². The van der Waals surface area contributed by atoms with Gasteiger partial charge in [0.25, 0.3) is 0 Å². The first-order valence-corrected chi connectivity index (χ1v) is 12.3. The maximum absolute atomic E-state index is 13.6. The van der Waals surface area contributed by atoms with Gasteiger partial charge >= 0.3 is 0 Å². The Labute approximate surface area is 193 Å². The quantitative estimate of drug-likeness (QED) is 0.494. The first kappa shape index (κ1) is 21.5. The number of aliphatic hydroxyl groups is 1. The Morgan fingerprint density at radius 2 is 1.59 bits per heavy atom. The van der Waals surface area contributed by atoms with Crippen molar-refractivity contribution in [2.45, 2.75) is 35.9 Å². The molecule has 3 nitrogen and oxygen atoms in total. The molecule has 3 aromatic carbocycles. The summed E-state index contributed by atoms with van der Waals surface area (Å²) >= 11 is 1.89. The van der Waals surface area contributed by atoms with Crippen LogP contribution in [0.3, 0.4) is 0 Å². The minimum absolute atomic E-state index is 0.0796. The van der Waals surface area contributed by atoms with Crippen molar-refractivity contribution < 1.29 is 14.2 Å². The molecule has 0 aliphatic carbocycles. The van der Waals surface area contributed by atoms with Gasteiger partial charge in [-0.1, -0.05) is 42.5 Å². The van der Waals surface area contributed by atoms with E-state index < -0.39 is 6.29 Å². The fourth-order valence-electron chi connectivity index (χ4n) is 4.91. The van der Waals surface area contributed by atoms with Crippen molar-refractivity contribution in [2.75, 3.05) is 25.4 Å². The molecule has 3 unspecified atom stereocenters. The van der Waals surface area contributed by atoms with Gasteiger partial charge in [0.15, 0.2) is 0 Å². The smallest absolute Gasteiger partial charge is 0.205 e. The van der Waals surface area contributed by atoms with Crippen LogP contribution >= 0.6 is 11.8 Å². The molecule has 1 fully saturated rings. The summed E-state index contributed by atoms with van der Waals surface area (Å²) in [6, 6.07) is 22.9. The molecule has 1 N–H and O–H groups in total. The zero-order chi connectivity index (χ0) is 21.9. The van der Waals surface area contributed by atoms with E-state index in [4.69, 9.17) is 4.74 Å². The number of hydrogen-bond donors (Lipinski definition) is 1. The molecule has 5 heteroatoms. The van der Waals surface area contributed by atoms with Gasteiger partial charge in [0.2, 0.25) is 6.29 Å². The Hall–Kier alpha value is -2.34. The first-order chi connectivity index (χ1) is 15.7. The van der Waals surface area contributed by atoms with E-state index in [9.17, 15) is 9.50 Å². The molecule has 0 saturated carbocycles. The van der Waals surface area contributed by atoms with Gasteiger partial charge < -0.3 is 14.7 Å². The van der Waals surface area contributed by atoms with E-state index in [-0.39, 0.29) is 17.7 Å². The predicted octanol–water partition coefficient (Wildman–Crippen LogP) is 5.64. The topological polar surface area (TPSA) is 32.7 Å². The second-order valence-corrected chi connectivity index (χ2v) is 9.74. The van der Waals surface area contributed by atoms with Crippen molar-refractivity contribution in [3.63, 3.8) is 0 Å². The fraction of sp³-hybridized carbons (Fsp3) is 0.333. The van der Waals surface area contributed by atoms with Crippen LogP contribution in [0.1, 0.15) is 41.4 Å². The van der Waals surface area contributed by atoms with Crippen molar-refractivity contribution in [3.8, 4) is 5.75 Å². The second-order valence-electron chi connectivity index (χ2n) is 8.57. The van der Waals surface area contributed by atoms with Crippen molar-refractivity contribution in [1.82, 2.24) is 4.90 Å². The van der Waals surface area contributed by atoms with Crippen molar-refractivity contribution in [3.05, 3.63) is 95.3 Å². The molecule has 0 spiro atoms. The van der Waals surface area contributed by atoms with Gasteiger partial charge in [0.05, 0.1) is 5.92 Å². The van der Waals surface area contributed by atoms with E-state index in [1.165, 1.54) is 43.0 Å². The predicted molar refractivity (Wildman–Crippen MR) is 127 cm³/mol. The van der Waals surface area contributed by atoms with Gasteiger partial charge in [-0.15, -0.1) is 11.8 Å². The van der Waals surface area contributed by atoms with Crippen LogP contribution < -0.4 is 4.74 Å². The molecular formula is C27H28FNO2S. The lowest BCUT2D eigenvalue weighted by molar-refractivity contribution is -0.0531. The Bertz CT molecular complexity index is 1030. The highest BCUT2D eigenvalue weighted by Crippen LogP contribution is 2.48. The third kappa shape index (κ3) is 4.56. The van der Waals surface area contributed by atoms with Gasteiger partial charge in [0.1, 0.15) is 11.6 Å². The fourth-order valence-corrected chi connectivity index (χ4v) is 5.82. The third-order valence-electron chi connectivity index (χ3n) is 6.54. The molecule has 2 aliphatic rings. The maximum atomic E-state index is 13.6. The average Bonchev–Trinajstić information content (AvgIpc) is 3.33. The average molecular weight is 450 g/mol. The molecule has 3 aromatic rings. The van der Waals surface area contributed by atoms with Crippen LogP contribution in [0.25, 0.3) is 0 Å². The Kier molecular flexibility index (Phi) is 6.49. The van der Waals surface area contributed by atoms with Crippen LogP contribution in [0.15, 0.2) is 77.7 Å². The summed E-state index contributed by atoms with van der Waals surface area (Å²) < 4.78 is 19.4. The van der Waals surface area contributed by atoms with Gasteiger partial charge in [0, 0.05) is 28.7 Å². The highest BCUT2D eigenvalue weighted by Gasteiger charge is 2.39. The second kappa shape index (κ2) is 9.65. The van der Waals surface area contributed by atoms with E-state index in [0.29, 0.717) is 5.75 Å². The summed E-state index contributed by atoms with van der Waals surface area (Å²) in [5, 5.41) is 10.9. The molecule has 1 saturated heterocycles. The number of fused-ring (bicyclic) bond motifs is 1. The molecule has 0 aromatic heterocycles. The monoisotopic (exact) mass is 449 g/mol. The number of para-hydroxylation sites is 1. The summed E-state index contributed by atoms with van der Waals surface area (Å²) in [6.07, 6.45) is 1.65. The molecule has 2 aliphatic heterocycles. The normalized spacial score (nSPS) is 23.0. The molecule has 5 rings (SSSR count). The third-order valence-corrected chi connectivity index (χ3v) is 7.53. The summed E-state index contributed by atoms with van der Waals surface area (Å²) in [5.41, 5.74) is 3.03. The molecular weight excluding hydrogens is 421 g/mol. The number of benzene rings is 3. The minimum Gasteiger partial charge on any atom is -0.464 e. The number of thioether (sulfide) groups is 1. The lowest BCUT2D eigenvalue weighted by atomic mass is 9.75. The highest BCUT2D eigenvalue weighted by molar-refractivity contribution is 7.99. The van der Waals surface area contributed by atoms with E-state index >= 15 is 0 Å². The zero-order valence-corrected chi connectivity index (χ0v) is 18.8. The molecule has 0 amide bonds. The molecule has 32 heavy (non-hydrogen) atoms. The van der Waals surface area contributed by atoms with Crippen LogP contribution in [-0.4, -0.2) is 41.7 Å². The zero-order valence-electron chi connectivity index (χ0n) is 18.0. The Balaban J connectivity index is 1.41. The van der Waals surface area contributed by atoms with Crippen LogP contribution in [0, 0.1) is 5.82 Å². The summed E-state index contributed by atoms with van der Waals surface area (Å²) in [5.74, 6) is 1.11. The number of aliphatic hydroxyl groups excluding tert-OH is 1. The standard InChI is InChI=1S/C27H28FNO2S/c28-21-11-7-20(8-12-21)26-25(23-5-1-2-6-24(23)31-27(26)30)19-9-13-22(14-10-19)32-18-17-29-15-3-4-16-29/h1-2,5-14,25-27,30H,3-4,15-18H2. The number of hydrogen-bond acceptors (Lipinski definition) is 4. The van der Waals surface area contributed by atoms with E-state index in [1.807, 2.05) is 30.0 Å². The lowest BCUT2D eigenvalue weighted by Crippen LogP contribution is -2.34. The lowest BCUT2D eigenvalue weighted by Gasteiger charge is -2.38. The number of likely N-dealkylation sites (tertiary alicyclic amines) is 1. The van der Waals surface area contributed by atoms with Crippen LogP contribution in [0.5, 0.6) is 5.75 Å². The highest BCUT2D eigenvalue weighted by atomic mass is 32.2. The van der Waals surface area contributed by atoms with E-state index in [2.05, 4.69) is 35.2 Å². The molecule has 166 valence electrons. The molecule has 3 atom stereocenters. The van der Waals surface area contributed by atoms with Gasteiger partial charge in [-0.2, -0.15) is 0 Å². The first-order valence-electron chi connectivity index (χ1n) is 11.3. The summed E-state index contributed by atoms with van der Waals surface area (Å²) in [4.78, 5) is 3.79. The molecule has 0 bridgehead atoms. The summed E-state index contributed by atoms with van der Waals surface area (Å²) in [7, 11) is 0. The van der Waals surface area contributed by atoms with Gasteiger partial charge in [-0.25, -0.2) is 4.39 Å². The Morgan fingerprint density at radius 1 is 0.906 bits per heavy atom. The van der Waals surface area contributed by atoms with Gasteiger partial charge in [-0.3, -0.25) is 0 Å². The molecule has 0 radical (unpaired) electrons. The minimum atomic E-state index is -1.00. The van der Waals surface area contributed by atoms with E-state index in [1.54, 1.807) is 12.1 Å². The largest absolute Gasteiger partial charge is 0.464 e.